The van der Waals surface area contributed by atoms with Crippen LogP contribution in [0.25, 0.3) is 55.3 Å². The molecule has 0 heterocycles. The second-order valence-electron chi connectivity index (χ2n) is 10.4. The van der Waals surface area contributed by atoms with Gasteiger partial charge in [0, 0.05) is 0 Å². The fourth-order valence-electron chi connectivity index (χ4n) is 5.41. The third-order valence-corrected chi connectivity index (χ3v) is 7.49. The SMILES string of the molecule is Cc1ccc(-c2c(-c3ccc(C)cc3)c(-c3ccc(C)cc3)c3ccc[c]c3c2-c2ccc(C)cc2)cc1. The van der Waals surface area contributed by atoms with Crippen molar-refractivity contribution in [2.45, 2.75) is 27.7 Å². The average Bonchev–Trinajstić information content (AvgIpc) is 2.94. The number of rotatable bonds is 4. The molecule has 0 aliphatic carbocycles. The number of aryl methyl sites for hydroxylation is 4. The highest BCUT2D eigenvalue weighted by Gasteiger charge is 2.23. The van der Waals surface area contributed by atoms with Gasteiger partial charge in [0.05, 0.1) is 0 Å². The van der Waals surface area contributed by atoms with Crippen molar-refractivity contribution in [3.05, 3.63) is 144 Å². The van der Waals surface area contributed by atoms with E-state index in [0.29, 0.717) is 0 Å². The molecule has 6 aromatic rings. The molecule has 0 spiro atoms. The third-order valence-electron chi connectivity index (χ3n) is 7.49. The Balaban J connectivity index is 1.86. The van der Waals surface area contributed by atoms with Gasteiger partial charge in [-0.05, 0) is 89.0 Å². The highest BCUT2D eigenvalue weighted by atomic mass is 14.3. The molecule has 0 aromatic heterocycles. The standard InChI is InChI=1S/C38H31/c1-25-9-17-29(18-10-25)35-33-7-5-6-8-34(33)36(30-19-11-26(2)12-20-30)38(32-23-15-28(4)16-24-32)37(35)31-21-13-27(3)14-22-31/h5-7,9-24H,1-4H3. The second kappa shape index (κ2) is 9.80. The molecule has 0 saturated heterocycles. The van der Waals surface area contributed by atoms with Crippen LogP contribution in [0.15, 0.2) is 115 Å². The molecule has 0 atom stereocenters. The Morgan fingerprint density at radius 3 is 1.13 bits per heavy atom. The van der Waals surface area contributed by atoms with Crippen LogP contribution >= 0.6 is 0 Å². The van der Waals surface area contributed by atoms with Crippen molar-refractivity contribution in [1.82, 2.24) is 0 Å². The summed E-state index contributed by atoms with van der Waals surface area (Å²) in [5.74, 6) is 0. The van der Waals surface area contributed by atoms with E-state index in [1.165, 1.54) is 72.1 Å². The predicted octanol–water partition coefficient (Wildman–Crippen LogP) is 10.5. The molecule has 0 aliphatic heterocycles. The molecule has 6 rings (SSSR count). The molecule has 38 heavy (non-hydrogen) atoms. The Morgan fingerprint density at radius 1 is 0.368 bits per heavy atom. The van der Waals surface area contributed by atoms with Gasteiger partial charge in [-0.1, -0.05) is 138 Å². The number of fused-ring (bicyclic) bond motifs is 1. The van der Waals surface area contributed by atoms with Crippen LogP contribution in [0.3, 0.4) is 0 Å². The molecule has 183 valence electrons. The summed E-state index contributed by atoms with van der Waals surface area (Å²) in [6.45, 7) is 8.60. The van der Waals surface area contributed by atoms with Gasteiger partial charge in [0.15, 0.2) is 0 Å². The average molecular weight is 488 g/mol. The number of hydrogen-bond donors (Lipinski definition) is 0. The Hall–Kier alpha value is -4.42. The van der Waals surface area contributed by atoms with E-state index in [4.69, 9.17) is 0 Å². The third kappa shape index (κ3) is 4.33. The van der Waals surface area contributed by atoms with E-state index >= 15 is 0 Å². The minimum absolute atomic E-state index is 1.15. The molecule has 0 nitrogen and oxygen atoms in total. The molecule has 0 fully saturated rings. The van der Waals surface area contributed by atoms with Crippen molar-refractivity contribution in [1.29, 1.82) is 0 Å². The van der Waals surface area contributed by atoms with Crippen molar-refractivity contribution < 1.29 is 0 Å². The van der Waals surface area contributed by atoms with E-state index in [-0.39, 0.29) is 0 Å². The van der Waals surface area contributed by atoms with E-state index < -0.39 is 0 Å². The van der Waals surface area contributed by atoms with Crippen LogP contribution in [0.4, 0.5) is 0 Å². The molecular formula is C38H31. The van der Waals surface area contributed by atoms with Crippen molar-refractivity contribution >= 4 is 10.8 Å². The first-order chi connectivity index (χ1) is 18.5. The molecule has 0 N–H and O–H groups in total. The first kappa shape index (κ1) is 23.9. The number of benzene rings is 6. The van der Waals surface area contributed by atoms with Crippen LogP contribution in [-0.4, -0.2) is 0 Å². The minimum atomic E-state index is 1.15. The van der Waals surface area contributed by atoms with E-state index in [0.717, 1.165) is 5.39 Å². The fourth-order valence-corrected chi connectivity index (χ4v) is 5.41. The number of hydrogen-bond acceptors (Lipinski definition) is 0. The van der Waals surface area contributed by atoms with Crippen LogP contribution in [0.2, 0.25) is 0 Å². The van der Waals surface area contributed by atoms with Crippen molar-refractivity contribution in [2.75, 3.05) is 0 Å². The Kier molecular flexibility index (Phi) is 6.18. The zero-order chi connectivity index (χ0) is 26.2. The minimum Gasteiger partial charge on any atom is -0.0610 e. The lowest BCUT2D eigenvalue weighted by Gasteiger charge is -2.24. The summed E-state index contributed by atoms with van der Waals surface area (Å²) in [4.78, 5) is 0. The normalized spacial score (nSPS) is 11.2. The van der Waals surface area contributed by atoms with Gasteiger partial charge < -0.3 is 0 Å². The van der Waals surface area contributed by atoms with Gasteiger partial charge in [0.1, 0.15) is 0 Å². The quantitative estimate of drug-likeness (QED) is 0.232. The maximum atomic E-state index is 3.66. The summed E-state index contributed by atoms with van der Waals surface area (Å²) < 4.78 is 0. The van der Waals surface area contributed by atoms with Crippen LogP contribution in [0, 0.1) is 33.8 Å². The smallest absolute Gasteiger partial charge is 0.00137 e. The zero-order valence-electron chi connectivity index (χ0n) is 22.5. The molecule has 0 saturated carbocycles. The second-order valence-corrected chi connectivity index (χ2v) is 10.4. The lowest BCUT2D eigenvalue weighted by molar-refractivity contribution is 1.45. The highest BCUT2D eigenvalue weighted by Crippen LogP contribution is 2.50. The Bertz CT molecular complexity index is 1600. The summed E-state index contributed by atoms with van der Waals surface area (Å²) in [6.07, 6.45) is 0. The molecule has 0 bridgehead atoms. The lowest BCUT2D eigenvalue weighted by Crippen LogP contribution is -1.98. The van der Waals surface area contributed by atoms with Crippen LogP contribution < -0.4 is 0 Å². The van der Waals surface area contributed by atoms with E-state index in [9.17, 15) is 0 Å². The van der Waals surface area contributed by atoms with Gasteiger partial charge in [-0.15, -0.1) is 0 Å². The summed E-state index contributed by atoms with van der Waals surface area (Å²) >= 11 is 0. The summed E-state index contributed by atoms with van der Waals surface area (Å²) in [7, 11) is 0. The first-order valence-electron chi connectivity index (χ1n) is 13.3. The molecule has 0 heteroatoms. The Morgan fingerprint density at radius 2 is 0.711 bits per heavy atom. The molecule has 0 amide bonds. The summed E-state index contributed by atoms with van der Waals surface area (Å²) in [5.41, 5.74) is 14.9. The van der Waals surface area contributed by atoms with Crippen molar-refractivity contribution in [3.8, 4) is 44.5 Å². The lowest BCUT2D eigenvalue weighted by atomic mass is 9.78. The van der Waals surface area contributed by atoms with Crippen molar-refractivity contribution in [2.24, 2.45) is 0 Å². The largest absolute Gasteiger partial charge is 0.0610 e. The first-order valence-corrected chi connectivity index (χ1v) is 13.3. The highest BCUT2D eigenvalue weighted by molar-refractivity contribution is 6.18. The van der Waals surface area contributed by atoms with Gasteiger partial charge in [0.2, 0.25) is 0 Å². The van der Waals surface area contributed by atoms with Gasteiger partial charge >= 0.3 is 0 Å². The Labute approximate surface area is 226 Å². The maximum absolute atomic E-state index is 3.66. The van der Waals surface area contributed by atoms with Crippen molar-refractivity contribution in [3.63, 3.8) is 0 Å². The molecule has 0 aliphatic rings. The van der Waals surface area contributed by atoms with Gasteiger partial charge in [0.25, 0.3) is 0 Å². The summed E-state index contributed by atoms with van der Waals surface area (Å²) in [5, 5.41) is 2.37. The topological polar surface area (TPSA) is 0 Å². The van der Waals surface area contributed by atoms with Crippen LogP contribution in [-0.2, 0) is 0 Å². The zero-order valence-corrected chi connectivity index (χ0v) is 22.5. The fraction of sp³-hybridized carbons (Fsp3) is 0.105. The monoisotopic (exact) mass is 487 g/mol. The van der Waals surface area contributed by atoms with Gasteiger partial charge in [-0.25, -0.2) is 0 Å². The van der Waals surface area contributed by atoms with E-state index in [1.54, 1.807) is 0 Å². The van der Waals surface area contributed by atoms with E-state index in [2.05, 4.69) is 143 Å². The van der Waals surface area contributed by atoms with Crippen LogP contribution in [0.1, 0.15) is 22.3 Å². The summed E-state index contributed by atoms with van der Waals surface area (Å²) in [6, 6.07) is 46.0. The van der Waals surface area contributed by atoms with Gasteiger partial charge in [-0.3, -0.25) is 0 Å². The van der Waals surface area contributed by atoms with E-state index in [1.807, 2.05) is 6.07 Å². The molecule has 0 unspecified atom stereocenters. The molecule has 1 radical (unpaired) electrons. The maximum Gasteiger partial charge on any atom is -0.00137 e. The molecule has 6 aromatic carbocycles. The molecular weight excluding hydrogens is 456 g/mol. The predicted molar refractivity (Wildman–Crippen MR) is 163 cm³/mol. The van der Waals surface area contributed by atoms with Crippen LogP contribution in [0.5, 0.6) is 0 Å². The van der Waals surface area contributed by atoms with Gasteiger partial charge in [-0.2, -0.15) is 0 Å².